The number of esters is 1. The van der Waals surface area contributed by atoms with Gasteiger partial charge in [0, 0.05) is 11.5 Å². The van der Waals surface area contributed by atoms with Gasteiger partial charge in [-0.1, -0.05) is 50.8 Å². The summed E-state index contributed by atoms with van der Waals surface area (Å²) >= 11 is 0. The molecule has 1 aromatic rings. The summed E-state index contributed by atoms with van der Waals surface area (Å²) in [5, 5.41) is 0. The predicted octanol–water partition coefficient (Wildman–Crippen LogP) is 4.08. The molecular formula is C16H22O2. The molecule has 0 aliphatic rings. The second kappa shape index (κ2) is 7.00. The zero-order chi connectivity index (χ0) is 13.5. The molecule has 2 atom stereocenters. The summed E-state index contributed by atoms with van der Waals surface area (Å²) < 4.78 is 5.53. The van der Waals surface area contributed by atoms with Crippen LogP contribution >= 0.6 is 0 Å². The van der Waals surface area contributed by atoms with Crippen LogP contribution in [0.3, 0.4) is 0 Å². The van der Waals surface area contributed by atoms with Crippen LogP contribution in [0.2, 0.25) is 0 Å². The van der Waals surface area contributed by atoms with Crippen molar-refractivity contribution in [2.45, 2.75) is 45.6 Å². The molecule has 0 bridgehead atoms. The van der Waals surface area contributed by atoms with Crippen molar-refractivity contribution in [1.82, 2.24) is 0 Å². The molecule has 0 radical (unpaired) electrons. The van der Waals surface area contributed by atoms with Crippen LogP contribution < -0.4 is 0 Å². The molecule has 0 aliphatic heterocycles. The number of hydrogen-bond acceptors (Lipinski definition) is 2. The summed E-state index contributed by atoms with van der Waals surface area (Å²) in [5.74, 6) is -0.0456. The van der Waals surface area contributed by atoms with Gasteiger partial charge in [-0.05, 0) is 25.3 Å². The van der Waals surface area contributed by atoms with Crippen molar-refractivity contribution in [3.8, 4) is 0 Å². The molecule has 0 fully saturated rings. The molecule has 2 nitrogen and oxygen atoms in total. The van der Waals surface area contributed by atoms with Gasteiger partial charge in [0.25, 0.3) is 0 Å². The van der Waals surface area contributed by atoms with Gasteiger partial charge < -0.3 is 4.74 Å². The van der Waals surface area contributed by atoms with Gasteiger partial charge in [0.05, 0.1) is 0 Å². The van der Waals surface area contributed by atoms with E-state index in [1.54, 1.807) is 6.92 Å². The number of ether oxygens (including phenoxy) is 1. The monoisotopic (exact) mass is 246 g/mol. The van der Waals surface area contributed by atoms with Crippen LogP contribution in [0.4, 0.5) is 0 Å². The van der Waals surface area contributed by atoms with E-state index < -0.39 is 0 Å². The molecule has 0 aromatic heterocycles. The van der Waals surface area contributed by atoms with E-state index in [-0.39, 0.29) is 18.0 Å². The summed E-state index contributed by atoms with van der Waals surface area (Å²) in [5.41, 5.74) is 1.68. The van der Waals surface area contributed by atoms with Crippen molar-refractivity contribution in [3.05, 3.63) is 48.0 Å². The van der Waals surface area contributed by atoms with E-state index in [0.29, 0.717) is 5.57 Å². The molecule has 0 saturated carbocycles. The highest BCUT2D eigenvalue weighted by molar-refractivity contribution is 5.87. The fourth-order valence-electron chi connectivity index (χ4n) is 2.10. The van der Waals surface area contributed by atoms with E-state index >= 15 is 0 Å². The minimum Gasteiger partial charge on any atom is -0.458 e. The normalized spacial score (nSPS) is 13.7. The first kappa shape index (κ1) is 14.5. The summed E-state index contributed by atoms with van der Waals surface area (Å²) in [4.78, 5) is 11.6. The molecule has 2 unspecified atom stereocenters. The lowest BCUT2D eigenvalue weighted by Crippen LogP contribution is -2.25. The van der Waals surface area contributed by atoms with Crippen molar-refractivity contribution in [2.24, 2.45) is 0 Å². The Morgan fingerprint density at radius 1 is 1.22 bits per heavy atom. The van der Waals surface area contributed by atoms with Gasteiger partial charge in [-0.15, -0.1) is 0 Å². The number of rotatable bonds is 6. The van der Waals surface area contributed by atoms with E-state index in [4.69, 9.17) is 4.74 Å². The van der Waals surface area contributed by atoms with Gasteiger partial charge >= 0.3 is 5.97 Å². The fraction of sp³-hybridized carbons (Fsp3) is 0.438. The first-order valence-corrected chi connectivity index (χ1v) is 6.51. The SMILES string of the molecule is C=C(C)C(=O)OC(CC)C(CC)c1ccccc1. The van der Waals surface area contributed by atoms with Crippen LogP contribution in [-0.4, -0.2) is 12.1 Å². The van der Waals surface area contributed by atoms with Crippen molar-refractivity contribution in [2.75, 3.05) is 0 Å². The second-order valence-electron chi connectivity index (χ2n) is 4.56. The van der Waals surface area contributed by atoms with Crippen molar-refractivity contribution in [1.29, 1.82) is 0 Å². The molecule has 18 heavy (non-hydrogen) atoms. The summed E-state index contributed by atoms with van der Waals surface area (Å²) in [6.45, 7) is 9.47. The molecule has 0 spiro atoms. The predicted molar refractivity (Wildman–Crippen MR) is 74.5 cm³/mol. The third-order valence-corrected chi connectivity index (χ3v) is 3.13. The maximum atomic E-state index is 11.6. The van der Waals surface area contributed by atoms with E-state index in [1.807, 2.05) is 25.1 Å². The first-order valence-electron chi connectivity index (χ1n) is 6.51. The van der Waals surface area contributed by atoms with Crippen molar-refractivity contribution >= 4 is 5.97 Å². The maximum Gasteiger partial charge on any atom is 0.333 e. The third-order valence-electron chi connectivity index (χ3n) is 3.13. The zero-order valence-corrected chi connectivity index (χ0v) is 11.5. The molecule has 0 amide bonds. The molecule has 98 valence electrons. The van der Waals surface area contributed by atoms with Crippen LogP contribution in [0.1, 0.15) is 45.1 Å². The lowest BCUT2D eigenvalue weighted by Gasteiger charge is -2.25. The number of hydrogen-bond donors (Lipinski definition) is 0. The van der Waals surface area contributed by atoms with Gasteiger partial charge in [0.2, 0.25) is 0 Å². The quantitative estimate of drug-likeness (QED) is 0.558. The Morgan fingerprint density at radius 3 is 2.28 bits per heavy atom. The first-order chi connectivity index (χ1) is 8.60. The number of carbonyl (C=O) groups is 1. The Hall–Kier alpha value is -1.57. The van der Waals surface area contributed by atoms with Crippen molar-refractivity contribution < 1.29 is 9.53 Å². The largest absolute Gasteiger partial charge is 0.458 e. The fourth-order valence-corrected chi connectivity index (χ4v) is 2.10. The van der Waals surface area contributed by atoms with Crippen LogP contribution in [0.15, 0.2) is 42.5 Å². The van der Waals surface area contributed by atoms with Gasteiger partial charge in [-0.2, -0.15) is 0 Å². The third kappa shape index (κ3) is 3.73. The minimum absolute atomic E-state index is 0.0819. The van der Waals surface area contributed by atoms with E-state index in [2.05, 4.69) is 25.6 Å². The summed E-state index contributed by atoms with van der Waals surface area (Å²) in [6.07, 6.45) is 1.68. The molecule has 0 aliphatic carbocycles. The lowest BCUT2D eigenvalue weighted by molar-refractivity contribution is -0.145. The molecule has 0 heterocycles. The zero-order valence-electron chi connectivity index (χ0n) is 11.5. The Bertz CT molecular complexity index is 395. The number of benzene rings is 1. The Morgan fingerprint density at radius 2 is 1.83 bits per heavy atom. The van der Waals surface area contributed by atoms with Crippen molar-refractivity contribution in [3.63, 3.8) is 0 Å². The lowest BCUT2D eigenvalue weighted by atomic mass is 9.89. The van der Waals surface area contributed by atoms with E-state index in [1.165, 1.54) is 5.56 Å². The van der Waals surface area contributed by atoms with Crippen LogP contribution in [0.25, 0.3) is 0 Å². The second-order valence-corrected chi connectivity index (χ2v) is 4.56. The Balaban J connectivity index is 2.84. The Kier molecular flexibility index (Phi) is 5.63. The van der Waals surface area contributed by atoms with Crippen LogP contribution in [0, 0.1) is 0 Å². The average molecular weight is 246 g/mol. The van der Waals surface area contributed by atoms with Crippen LogP contribution in [0.5, 0.6) is 0 Å². The summed E-state index contributed by atoms with van der Waals surface area (Å²) in [7, 11) is 0. The molecule has 0 saturated heterocycles. The highest BCUT2D eigenvalue weighted by atomic mass is 16.5. The van der Waals surface area contributed by atoms with Crippen LogP contribution in [-0.2, 0) is 9.53 Å². The van der Waals surface area contributed by atoms with Gasteiger partial charge in [-0.25, -0.2) is 4.79 Å². The van der Waals surface area contributed by atoms with Gasteiger partial charge in [0.15, 0.2) is 0 Å². The molecular weight excluding hydrogens is 224 g/mol. The molecule has 1 rings (SSSR count). The standard InChI is InChI=1S/C16H22O2/c1-5-14(13-10-8-7-9-11-13)15(6-2)18-16(17)12(3)4/h7-11,14-15H,3,5-6H2,1-2,4H3. The minimum atomic E-state index is -0.295. The van der Waals surface area contributed by atoms with E-state index in [9.17, 15) is 4.79 Å². The smallest absolute Gasteiger partial charge is 0.333 e. The highest BCUT2D eigenvalue weighted by Crippen LogP contribution is 2.27. The number of carbonyl (C=O) groups excluding carboxylic acids is 1. The summed E-state index contributed by atoms with van der Waals surface area (Å²) in [6, 6.07) is 10.2. The van der Waals surface area contributed by atoms with Gasteiger partial charge in [-0.3, -0.25) is 0 Å². The topological polar surface area (TPSA) is 26.3 Å². The van der Waals surface area contributed by atoms with E-state index in [0.717, 1.165) is 12.8 Å². The molecule has 0 N–H and O–H groups in total. The average Bonchev–Trinajstić information content (AvgIpc) is 2.39. The van der Waals surface area contributed by atoms with Gasteiger partial charge in [0.1, 0.15) is 6.10 Å². The maximum absolute atomic E-state index is 11.6. The molecule has 2 heteroatoms. The highest BCUT2D eigenvalue weighted by Gasteiger charge is 2.23. The Labute approximate surface area is 110 Å². The molecule has 1 aromatic carbocycles.